The number of carbonyl (C=O) groups excluding carboxylic acids is 1. The molecule has 2 aromatic rings. The van der Waals surface area contributed by atoms with E-state index in [2.05, 4.69) is 25.8 Å². The molecule has 2 bridgehead atoms. The number of carbonyl (C=O) groups is 1. The summed E-state index contributed by atoms with van der Waals surface area (Å²) in [5, 5.41) is 0. The minimum Gasteiger partial charge on any atom is -0.339 e. The van der Waals surface area contributed by atoms with E-state index in [9.17, 15) is 4.79 Å². The zero-order chi connectivity index (χ0) is 16.4. The van der Waals surface area contributed by atoms with Gasteiger partial charge in [0.1, 0.15) is 6.54 Å². The molecular formula is C18H23N5O. The third-order valence-corrected chi connectivity index (χ3v) is 5.15. The van der Waals surface area contributed by atoms with Crippen LogP contribution >= 0.6 is 0 Å². The zero-order valence-corrected chi connectivity index (χ0v) is 13.8. The van der Waals surface area contributed by atoms with Crippen LogP contribution in [0.5, 0.6) is 0 Å². The highest BCUT2D eigenvalue weighted by Crippen LogP contribution is 2.29. The van der Waals surface area contributed by atoms with Gasteiger partial charge in [0.2, 0.25) is 5.91 Å². The molecular weight excluding hydrogens is 302 g/mol. The molecule has 5 rings (SSSR count). The highest BCUT2D eigenvalue weighted by atomic mass is 16.2. The monoisotopic (exact) mass is 325 g/mol. The van der Waals surface area contributed by atoms with Gasteiger partial charge < -0.3 is 9.47 Å². The minimum atomic E-state index is 0.199. The molecule has 3 aliphatic rings. The Labute approximate surface area is 142 Å². The quantitative estimate of drug-likeness (QED) is 0.853. The van der Waals surface area contributed by atoms with E-state index >= 15 is 0 Å². The van der Waals surface area contributed by atoms with Crippen molar-refractivity contribution in [3.8, 4) is 0 Å². The van der Waals surface area contributed by atoms with Crippen LogP contribution in [0.4, 0.5) is 0 Å². The van der Waals surface area contributed by atoms with Crippen molar-refractivity contribution >= 4 is 5.91 Å². The Balaban J connectivity index is 1.43. The fourth-order valence-electron chi connectivity index (χ4n) is 3.91. The van der Waals surface area contributed by atoms with Crippen LogP contribution in [-0.4, -0.2) is 55.9 Å². The molecule has 0 N–H and O–H groups in total. The van der Waals surface area contributed by atoms with Gasteiger partial charge in [0.25, 0.3) is 0 Å². The average Bonchev–Trinajstić information content (AvgIpc) is 2.93. The molecule has 2 aromatic heterocycles. The molecule has 0 aliphatic carbocycles. The largest absolute Gasteiger partial charge is 0.339 e. The Kier molecular flexibility index (Phi) is 4.30. The van der Waals surface area contributed by atoms with Crippen LogP contribution in [0, 0.1) is 5.92 Å². The summed E-state index contributed by atoms with van der Waals surface area (Å²) < 4.78 is 1.85. The van der Waals surface area contributed by atoms with Gasteiger partial charge in [-0.15, -0.1) is 0 Å². The highest BCUT2D eigenvalue weighted by molar-refractivity contribution is 5.76. The van der Waals surface area contributed by atoms with Crippen LogP contribution < -0.4 is 0 Å². The maximum atomic E-state index is 12.6. The smallest absolute Gasteiger partial charge is 0.242 e. The van der Waals surface area contributed by atoms with Crippen LogP contribution in [0.15, 0.2) is 43.1 Å². The molecule has 6 heteroatoms. The lowest BCUT2D eigenvalue weighted by Gasteiger charge is -2.35. The van der Waals surface area contributed by atoms with Crippen LogP contribution in [0.3, 0.4) is 0 Å². The molecule has 24 heavy (non-hydrogen) atoms. The first-order valence-corrected chi connectivity index (χ1v) is 8.65. The lowest BCUT2D eigenvalue weighted by molar-refractivity contribution is -0.132. The van der Waals surface area contributed by atoms with Crippen LogP contribution in [0.1, 0.15) is 18.5 Å². The van der Waals surface area contributed by atoms with Gasteiger partial charge in [0.15, 0.2) is 0 Å². The molecule has 2 atom stereocenters. The lowest BCUT2D eigenvalue weighted by atomic mass is 9.95. The van der Waals surface area contributed by atoms with Crippen molar-refractivity contribution in [2.24, 2.45) is 5.92 Å². The first kappa shape index (κ1) is 15.3. The molecule has 3 aliphatic heterocycles. The molecule has 126 valence electrons. The molecule has 0 aromatic carbocycles. The number of amides is 1. The van der Waals surface area contributed by atoms with Crippen molar-refractivity contribution in [1.29, 1.82) is 0 Å². The predicted octanol–water partition coefficient (Wildman–Crippen LogP) is 1.40. The fraction of sp³-hybridized carbons (Fsp3) is 0.500. The van der Waals surface area contributed by atoms with E-state index in [1.807, 2.05) is 29.1 Å². The number of rotatable bonds is 4. The van der Waals surface area contributed by atoms with Crippen molar-refractivity contribution in [3.05, 3.63) is 48.8 Å². The molecule has 0 unspecified atom stereocenters. The molecule has 1 amide bonds. The van der Waals surface area contributed by atoms with Crippen molar-refractivity contribution in [3.63, 3.8) is 0 Å². The van der Waals surface area contributed by atoms with E-state index in [1.165, 1.54) is 12.8 Å². The third kappa shape index (κ3) is 3.33. The van der Waals surface area contributed by atoms with Crippen molar-refractivity contribution in [2.75, 3.05) is 19.6 Å². The summed E-state index contributed by atoms with van der Waals surface area (Å²) in [7, 11) is 0. The van der Waals surface area contributed by atoms with E-state index < -0.39 is 0 Å². The molecule has 0 saturated carbocycles. The standard InChI is InChI=1S/C18H23N5O/c24-18(13-21-8-7-19-14-21)23-10-15-4-5-17(12-23)22(9-15)11-16-3-1-2-6-20-16/h1-3,6-8,14-15,17H,4-5,9-13H2/t15-,17-/m0/s1. The minimum absolute atomic E-state index is 0.199. The zero-order valence-electron chi connectivity index (χ0n) is 13.8. The Morgan fingerprint density at radius 1 is 1.17 bits per heavy atom. The van der Waals surface area contributed by atoms with Crippen molar-refractivity contribution in [1.82, 2.24) is 24.3 Å². The first-order valence-electron chi connectivity index (χ1n) is 8.65. The fourth-order valence-corrected chi connectivity index (χ4v) is 3.91. The van der Waals surface area contributed by atoms with Gasteiger partial charge in [-0.25, -0.2) is 4.98 Å². The van der Waals surface area contributed by atoms with E-state index in [-0.39, 0.29) is 5.91 Å². The van der Waals surface area contributed by atoms with Gasteiger partial charge in [-0.3, -0.25) is 14.7 Å². The Hall–Kier alpha value is -2.21. The summed E-state index contributed by atoms with van der Waals surface area (Å²) in [6.07, 6.45) is 9.51. The molecule has 3 fully saturated rings. The number of fused-ring (bicyclic) bond motifs is 4. The predicted molar refractivity (Wildman–Crippen MR) is 90.0 cm³/mol. The normalized spacial score (nSPS) is 24.1. The second kappa shape index (κ2) is 6.73. The van der Waals surface area contributed by atoms with Gasteiger partial charge in [-0.05, 0) is 30.9 Å². The van der Waals surface area contributed by atoms with Gasteiger partial charge in [0.05, 0.1) is 12.0 Å². The van der Waals surface area contributed by atoms with Crippen LogP contribution in [-0.2, 0) is 17.9 Å². The molecule has 5 heterocycles. The summed E-state index contributed by atoms with van der Waals surface area (Å²) in [6.45, 7) is 4.04. The second-order valence-electron chi connectivity index (χ2n) is 6.88. The Morgan fingerprint density at radius 3 is 2.92 bits per heavy atom. The van der Waals surface area contributed by atoms with Crippen molar-refractivity contribution < 1.29 is 4.79 Å². The summed E-state index contributed by atoms with van der Waals surface area (Å²) in [5.41, 5.74) is 1.11. The average molecular weight is 325 g/mol. The van der Waals surface area contributed by atoms with E-state index in [1.54, 1.807) is 12.5 Å². The maximum absolute atomic E-state index is 12.6. The number of hydrogen-bond donors (Lipinski definition) is 0. The lowest BCUT2D eigenvalue weighted by Crippen LogP contribution is -2.44. The SMILES string of the molecule is O=C(Cn1ccnc1)N1C[C@H]2CC[C@@H](C1)N(Cc1ccccn1)C2. The van der Waals surface area contributed by atoms with E-state index in [4.69, 9.17) is 0 Å². The topological polar surface area (TPSA) is 54.3 Å². The van der Waals surface area contributed by atoms with Gasteiger partial charge in [0, 0.05) is 50.8 Å². The number of hydrogen-bond acceptors (Lipinski definition) is 4. The summed E-state index contributed by atoms with van der Waals surface area (Å²) in [4.78, 5) is 25.7. The number of aromatic nitrogens is 3. The van der Waals surface area contributed by atoms with E-state index in [0.29, 0.717) is 18.5 Å². The van der Waals surface area contributed by atoms with Gasteiger partial charge >= 0.3 is 0 Å². The number of nitrogens with zero attached hydrogens (tertiary/aromatic N) is 5. The van der Waals surface area contributed by atoms with Gasteiger partial charge in [-0.1, -0.05) is 6.07 Å². The van der Waals surface area contributed by atoms with Crippen LogP contribution in [0.2, 0.25) is 0 Å². The van der Waals surface area contributed by atoms with Crippen LogP contribution in [0.25, 0.3) is 0 Å². The summed E-state index contributed by atoms with van der Waals surface area (Å²) in [6, 6.07) is 6.52. The highest BCUT2D eigenvalue weighted by Gasteiger charge is 2.36. The molecule has 0 spiro atoms. The molecule has 3 saturated heterocycles. The number of piperidine rings is 1. The molecule has 0 radical (unpaired) electrons. The summed E-state index contributed by atoms with van der Waals surface area (Å²) in [5.74, 6) is 0.767. The van der Waals surface area contributed by atoms with Crippen molar-refractivity contribution in [2.45, 2.75) is 32.0 Å². The Morgan fingerprint density at radius 2 is 2.12 bits per heavy atom. The second-order valence-corrected chi connectivity index (χ2v) is 6.88. The Bertz CT molecular complexity index is 672. The summed E-state index contributed by atoms with van der Waals surface area (Å²) >= 11 is 0. The van der Waals surface area contributed by atoms with E-state index in [0.717, 1.165) is 31.9 Å². The first-order chi connectivity index (χ1) is 11.8. The number of pyridine rings is 1. The maximum Gasteiger partial charge on any atom is 0.242 e. The number of imidazole rings is 1. The third-order valence-electron chi connectivity index (χ3n) is 5.15. The van der Waals surface area contributed by atoms with Gasteiger partial charge in [-0.2, -0.15) is 0 Å². The molecule has 6 nitrogen and oxygen atoms in total.